The van der Waals surface area contributed by atoms with Gasteiger partial charge in [-0.05, 0) is 18.1 Å². The van der Waals surface area contributed by atoms with E-state index in [9.17, 15) is 4.79 Å². The third-order valence-corrected chi connectivity index (χ3v) is 4.15. The van der Waals surface area contributed by atoms with E-state index in [-0.39, 0.29) is 0 Å². The molecule has 0 heterocycles. The van der Waals surface area contributed by atoms with E-state index in [1.165, 1.54) is 12.2 Å². The summed E-state index contributed by atoms with van der Waals surface area (Å²) >= 11 is 2.00. The smallest absolute Gasteiger partial charge is 0.134 e. The third kappa shape index (κ3) is 3.18. The molecule has 1 fully saturated rings. The predicted octanol–water partition coefficient (Wildman–Crippen LogP) is 2.89. The van der Waals surface area contributed by atoms with E-state index in [1.54, 1.807) is 0 Å². The number of carbonyl (C=O) groups is 1. The van der Waals surface area contributed by atoms with E-state index >= 15 is 0 Å². The van der Waals surface area contributed by atoms with Crippen molar-refractivity contribution in [2.45, 2.75) is 44.8 Å². The SMILES string of the molecule is CCC(C)CSC1CCC(=O)C1. The summed E-state index contributed by atoms with van der Waals surface area (Å²) in [5, 5.41) is 0.645. The van der Waals surface area contributed by atoms with Crippen LogP contribution in [0.5, 0.6) is 0 Å². The Morgan fingerprint density at radius 3 is 2.92 bits per heavy atom. The van der Waals surface area contributed by atoms with Crippen molar-refractivity contribution in [2.24, 2.45) is 5.92 Å². The lowest BCUT2D eigenvalue weighted by Crippen LogP contribution is -2.03. The lowest BCUT2D eigenvalue weighted by molar-refractivity contribution is -0.117. The summed E-state index contributed by atoms with van der Waals surface area (Å²) in [5.74, 6) is 2.51. The van der Waals surface area contributed by atoms with Crippen molar-refractivity contribution in [3.8, 4) is 0 Å². The van der Waals surface area contributed by atoms with Crippen LogP contribution in [-0.2, 0) is 4.79 Å². The van der Waals surface area contributed by atoms with Crippen molar-refractivity contribution in [1.82, 2.24) is 0 Å². The quantitative estimate of drug-likeness (QED) is 0.671. The zero-order valence-electron chi connectivity index (χ0n) is 8.01. The van der Waals surface area contributed by atoms with Crippen LogP contribution in [0.3, 0.4) is 0 Å². The maximum atomic E-state index is 11.0. The molecule has 0 aromatic heterocycles. The monoisotopic (exact) mass is 186 g/mol. The lowest BCUT2D eigenvalue weighted by atomic mass is 10.2. The Balaban J connectivity index is 2.11. The number of thioether (sulfide) groups is 1. The third-order valence-electron chi connectivity index (χ3n) is 2.51. The molecule has 0 radical (unpaired) electrons. The Bertz CT molecular complexity index is 156. The number of hydrogen-bond donors (Lipinski definition) is 0. The summed E-state index contributed by atoms with van der Waals surface area (Å²) < 4.78 is 0. The van der Waals surface area contributed by atoms with Crippen molar-refractivity contribution in [3.05, 3.63) is 0 Å². The number of hydrogen-bond acceptors (Lipinski definition) is 2. The molecular formula is C10H18OS. The molecule has 0 amide bonds. The molecular weight excluding hydrogens is 168 g/mol. The molecule has 0 aliphatic heterocycles. The maximum absolute atomic E-state index is 11.0. The normalized spacial score (nSPS) is 26.2. The largest absolute Gasteiger partial charge is 0.300 e. The fourth-order valence-corrected chi connectivity index (χ4v) is 2.77. The van der Waals surface area contributed by atoms with E-state index in [0.717, 1.165) is 25.2 Å². The van der Waals surface area contributed by atoms with E-state index in [0.29, 0.717) is 11.0 Å². The van der Waals surface area contributed by atoms with Crippen LogP contribution < -0.4 is 0 Å². The lowest BCUT2D eigenvalue weighted by Gasteiger charge is -2.11. The van der Waals surface area contributed by atoms with Gasteiger partial charge in [0.05, 0.1) is 0 Å². The van der Waals surface area contributed by atoms with Crippen LogP contribution in [0.1, 0.15) is 39.5 Å². The molecule has 0 spiro atoms. The van der Waals surface area contributed by atoms with Gasteiger partial charge >= 0.3 is 0 Å². The molecule has 0 N–H and O–H groups in total. The Morgan fingerprint density at radius 1 is 1.67 bits per heavy atom. The first-order valence-corrected chi connectivity index (χ1v) is 5.90. The minimum atomic E-state index is 0.469. The Hall–Kier alpha value is 0.0200. The second-order valence-electron chi connectivity index (χ2n) is 3.75. The van der Waals surface area contributed by atoms with Crippen molar-refractivity contribution < 1.29 is 4.79 Å². The highest BCUT2D eigenvalue weighted by Crippen LogP contribution is 2.28. The van der Waals surface area contributed by atoms with Crippen LogP contribution in [0.25, 0.3) is 0 Å². The van der Waals surface area contributed by atoms with E-state index in [2.05, 4.69) is 13.8 Å². The highest BCUT2D eigenvalue weighted by molar-refractivity contribution is 7.99. The molecule has 0 bridgehead atoms. The number of ketones is 1. The van der Waals surface area contributed by atoms with Gasteiger partial charge in [0.1, 0.15) is 5.78 Å². The van der Waals surface area contributed by atoms with Crippen molar-refractivity contribution in [1.29, 1.82) is 0 Å². The van der Waals surface area contributed by atoms with Gasteiger partial charge in [-0.3, -0.25) is 4.79 Å². The fourth-order valence-electron chi connectivity index (χ4n) is 1.34. The molecule has 1 saturated carbocycles. The summed E-state index contributed by atoms with van der Waals surface area (Å²) in [6.07, 6.45) is 4.05. The molecule has 1 aliphatic rings. The molecule has 0 aromatic carbocycles. The van der Waals surface area contributed by atoms with Crippen LogP contribution in [0, 0.1) is 5.92 Å². The Kier molecular flexibility index (Phi) is 4.13. The fraction of sp³-hybridized carbons (Fsp3) is 0.900. The minimum absolute atomic E-state index is 0.469. The van der Waals surface area contributed by atoms with Gasteiger partial charge in [-0.25, -0.2) is 0 Å². The van der Waals surface area contributed by atoms with Crippen LogP contribution >= 0.6 is 11.8 Å². The maximum Gasteiger partial charge on any atom is 0.134 e. The van der Waals surface area contributed by atoms with Crippen LogP contribution in [0.15, 0.2) is 0 Å². The highest BCUT2D eigenvalue weighted by Gasteiger charge is 2.22. The van der Waals surface area contributed by atoms with Gasteiger partial charge in [0.15, 0.2) is 0 Å². The Morgan fingerprint density at radius 2 is 2.42 bits per heavy atom. The summed E-state index contributed by atoms with van der Waals surface area (Å²) in [5.41, 5.74) is 0. The minimum Gasteiger partial charge on any atom is -0.300 e. The van der Waals surface area contributed by atoms with Gasteiger partial charge < -0.3 is 0 Å². The standard InChI is InChI=1S/C10H18OS/c1-3-8(2)7-12-10-5-4-9(11)6-10/h8,10H,3-7H2,1-2H3. The van der Waals surface area contributed by atoms with Crippen LogP contribution in [-0.4, -0.2) is 16.8 Å². The highest BCUT2D eigenvalue weighted by atomic mass is 32.2. The topological polar surface area (TPSA) is 17.1 Å². The Labute approximate surface area is 79.3 Å². The summed E-state index contributed by atoms with van der Waals surface area (Å²) in [4.78, 5) is 11.0. The first-order chi connectivity index (χ1) is 5.72. The van der Waals surface area contributed by atoms with E-state index in [1.807, 2.05) is 11.8 Å². The van der Waals surface area contributed by atoms with Gasteiger partial charge in [-0.2, -0.15) is 11.8 Å². The molecule has 1 nitrogen and oxygen atoms in total. The summed E-state index contributed by atoms with van der Waals surface area (Å²) in [6.45, 7) is 4.51. The molecule has 70 valence electrons. The molecule has 2 unspecified atom stereocenters. The first kappa shape index (κ1) is 10.1. The zero-order chi connectivity index (χ0) is 8.97. The number of carbonyl (C=O) groups excluding carboxylic acids is 1. The second-order valence-corrected chi connectivity index (χ2v) is 5.08. The van der Waals surface area contributed by atoms with Crippen molar-refractivity contribution in [2.75, 3.05) is 5.75 Å². The second kappa shape index (κ2) is 4.90. The van der Waals surface area contributed by atoms with Crippen molar-refractivity contribution in [3.63, 3.8) is 0 Å². The number of Topliss-reactive ketones (excluding diaryl/α,β-unsaturated/α-hetero) is 1. The molecule has 2 atom stereocenters. The molecule has 12 heavy (non-hydrogen) atoms. The van der Waals surface area contributed by atoms with Crippen molar-refractivity contribution >= 4 is 17.5 Å². The molecule has 1 aliphatic carbocycles. The predicted molar refractivity (Wildman–Crippen MR) is 54.6 cm³/mol. The van der Waals surface area contributed by atoms with E-state index in [4.69, 9.17) is 0 Å². The summed E-state index contributed by atoms with van der Waals surface area (Å²) in [6, 6.07) is 0. The van der Waals surface area contributed by atoms with E-state index < -0.39 is 0 Å². The van der Waals surface area contributed by atoms with Gasteiger partial charge in [0, 0.05) is 18.1 Å². The van der Waals surface area contributed by atoms with Crippen LogP contribution in [0.2, 0.25) is 0 Å². The van der Waals surface area contributed by atoms with Crippen LogP contribution in [0.4, 0.5) is 0 Å². The molecule has 0 saturated heterocycles. The average Bonchev–Trinajstić information content (AvgIpc) is 2.47. The molecule has 2 heteroatoms. The van der Waals surface area contributed by atoms with Gasteiger partial charge in [-0.1, -0.05) is 20.3 Å². The zero-order valence-corrected chi connectivity index (χ0v) is 8.82. The average molecular weight is 186 g/mol. The number of rotatable bonds is 4. The van der Waals surface area contributed by atoms with Gasteiger partial charge in [-0.15, -0.1) is 0 Å². The molecule has 0 aromatic rings. The van der Waals surface area contributed by atoms with Gasteiger partial charge in [0.25, 0.3) is 0 Å². The first-order valence-electron chi connectivity index (χ1n) is 4.85. The van der Waals surface area contributed by atoms with Gasteiger partial charge in [0.2, 0.25) is 0 Å². The summed E-state index contributed by atoms with van der Waals surface area (Å²) in [7, 11) is 0. The molecule has 1 rings (SSSR count).